The molecule has 0 heterocycles. The average molecular weight is 282 g/mol. The summed E-state index contributed by atoms with van der Waals surface area (Å²) in [4.78, 5) is 2.05. The fourth-order valence-electron chi connectivity index (χ4n) is 2.22. The molecule has 20 heavy (non-hydrogen) atoms. The molecule has 0 aliphatic heterocycles. The standard InChI is InChI=1S/C16H27FN2O/c1-5-10-18-13(3)16-14(17)8-7-9-15(16)19(4)11-12-20-6-2/h7-9,13,18H,5-6,10-12H2,1-4H3. The SMILES string of the molecule is CCCNC(C)c1c(F)cccc1N(C)CCOCC. The van der Waals surface area contributed by atoms with Gasteiger partial charge in [-0.25, -0.2) is 4.39 Å². The van der Waals surface area contributed by atoms with E-state index < -0.39 is 0 Å². The summed E-state index contributed by atoms with van der Waals surface area (Å²) in [5.74, 6) is -0.151. The highest BCUT2D eigenvalue weighted by molar-refractivity contribution is 5.55. The first-order valence-corrected chi connectivity index (χ1v) is 7.42. The zero-order valence-electron chi connectivity index (χ0n) is 13.1. The molecule has 0 aliphatic carbocycles. The smallest absolute Gasteiger partial charge is 0.130 e. The number of nitrogens with one attached hydrogen (secondary N) is 1. The quantitative estimate of drug-likeness (QED) is 0.703. The molecule has 1 N–H and O–H groups in total. The molecule has 1 unspecified atom stereocenters. The summed E-state index contributed by atoms with van der Waals surface area (Å²) < 4.78 is 19.5. The number of halogens is 1. The van der Waals surface area contributed by atoms with Crippen molar-refractivity contribution in [2.45, 2.75) is 33.2 Å². The van der Waals surface area contributed by atoms with Crippen molar-refractivity contribution in [3.63, 3.8) is 0 Å². The molecule has 0 aromatic heterocycles. The highest BCUT2D eigenvalue weighted by Crippen LogP contribution is 2.28. The Balaban J connectivity index is 2.86. The van der Waals surface area contributed by atoms with Gasteiger partial charge in [-0.1, -0.05) is 13.0 Å². The van der Waals surface area contributed by atoms with E-state index in [0.717, 1.165) is 30.8 Å². The van der Waals surface area contributed by atoms with Crippen LogP contribution in [0.5, 0.6) is 0 Å². The molecule has 1 aromatic carbocycles. The van der Waals surface area contributed by atoms with E-state index in [9.17, 15) is 4.39 Å². The Morgan fingerprint density at radius 2 is 2.10 bits per heavy atom. The molecule has 1 atom stereocenters. The second kappa shape index (κ2) is 8.93. The van der Waals surface area contributed by atoms with E-state index in [2.05, 4.69) is 17.1 Å². The van der Waals surface area contributed by atoms with E-state index in [0.29, 0.717) is 13.2 Å². The highest BCUT2D eigenvalue weighted by Gasteiger charge is 2.17. The van der Waals surface area contributed by atoms with Crippen LogP contribution in [-0.2, 0) is 4.74 Å². The first-order valence-electron chi connectivity index (χ1n) is 7.42. The van der Waals surface area contributed by atoms with Crippen molar-refractivity contribution in [1.29, 1.82) is 0 Å². The molecular weight excluding hydrogens is 255 g/mol. The summed E-state index contributed by atoms with van der Waals surface area (Å²) in [6, 6.07) is 5.26. The summed E-state index contributed by atoms with van der Waals surface area (Å²) in [5.41, 5.74) is 1.67. The van der Waals surface area contributed by atoms with Crippen molar-refractivity contribution in [3.05, 3.63) is 29.6 Å². The summed E-state index contributed by atoms with van der Waals surface area (Å²) in [5, 5.41) is 3.35. The molecule has 0 radical (unpaired) electrons. The zero-order chi connectivity index (χ0) is 15.0. The lowest BCUT2D eigenvalue weighted by atomic mass is 10.0. The molecule has 114 valence electrons. The number of rotatable bonds is 9. The minimum absolute atomic E-state index is 0.000642. The van der Waals surface area contributed by atoms with Gasteiger partial charge in [-0.2, -0.15) is 0 Å². The van der Waals surface area contributed by atoms with Gasteiger partial charge < -0.3 is 15.0 Å². The van der Waals surface area contributed by atoms with Gasteiger partial charge in [-0.3, -0.25) is 0 Å². The van der Waals surface area contributed by atoms with E-state index in [1.807, 2.05) is 27.0 Å². The first kappa shape index (κ1) is 16.9. The van der Waals surface area contributed by atoms with Crippen LogP contribution in [-0.4, -0.2) is 33.4 Å². The second-order valence-electron chi connectivity index (χ2n) is 4.97. The van der Waals surface area contributed by atoms with Crippen molar-refractivity contribution in [3.8, 4) is 0 Å². The molecule has 4 heteroatoms. The van der Waals surface area contributed by atoms with Gasteiger partial charge in [-0.15, -0.1) is 0 Å². The summed E-state index contributed by atoms with van der Waals surface area (Å²) in [6.45, 7) is 9.09. The normalized spacial score (nSPS) is 12.4. The number of benzene rings is 1. The van der Waals surface area contributed by atoms with E-state index >= 15 is 0 Å². The van der Waals surface area contributed by atoms with Gasteiger partial charge in [0.2, 0.25) is 0 Å². The number of likely N-dealkylation sites (N-methyl/N-ethyl adjacent to an activating group) is 1. The van der Waals surface area contributed by atoms with E-state index in [1.54, 1.807) is 6.07 Å². The van der Waals surface area contributed by atoms with Crippen molar-refractivity contribution in [1.82, 2.24) is 5.32 Å². The van der Waals surface area contributed by atoms with Gasteiger partial charge in [0.1, 0.15) is 5.82 Å². The third-order valence-corrected chi connectivity index (χ3v) is 3.35. The fraction of sp³-hybridized carbons (Fsp3) is 0.625. The number of nitrogens with zero attached hydrogens (tertiary/aromatic N) is 1. The molecule has 3 nitrogen and oxygen atoms in total. The minimum Gasteiger partial charge on any atom is -0.380 e. The van der Waals surface area contributed by atoms with E-state index in [4.69, 9.17) is 4.74 Å². The van der Waals surface area contributed by atoms with Gasteiger partial charge in [-0.05, 0) is 38.9 Å². The van der Waals surface area contributed by atoms with Crippen LogP contribution in [0.25, 0.3) is 0 Å². The lowest BCUT2D eigenvalue weighted by Crippen LogP contribution is -2.27. The van der Waals surface area contributed by atoms with Crippen molar-refractivity contribution >= 4 is 5.69 Å². The van der Waals surface area contributed by atoms with Crippen LogP contribution in [0.1, 0.15) is 38.8 Å². The third kappa shape index (κ3) is 4.76. The number of ether oxygens (including phenoxy) is 1. The highest BCUT2D eigenvalue weighted by atomic mass is 19.1. The molecule has 0 amide bonds. The predicted molar refractivity (Wildman–Crippen MR) is 82.9 cm³/mol. The average Bonchev–Trinajstić information content (AvgIpc) is 2.44. The van der Waals surface area contributed by atoms with Gasteiger partial charge in [0.05, 0.1) is 6.61 Å². The second-order valence-corrected chi connectivity index (χ2v) is 4.97. The van der Waals surface area contributed by atoms with Gasteiger partial charge in [0.25, 0.3) is 0 Å². The van der Waals surface area contributed by atoms with Crippen LogP contribution < -0.4 is 10.2 Å². The Labute approximate surface area is 122 Å². The maximum Gasteiger partial charge on any atom is 0.130 e. The predicted octanol–water partition coefficient (Wildman–Crippen LogP) is 3.36. The molecule has 0 saturated carbocycles. The molecule has 0 fully saturated rings. The van der Waals surface area contributed by atoms with E-state index in [-0.39, 0.29) is 11.9 Å². The van der Waals surface area contributed by atoms with Crippen LogP contribution in [0.4, 0.5) is 10.1 Å². The van der Waals surface area contributed by atoms with Gasteiger partial charge in [0, 0.05) is 37.5 Å². The Hall–Kier alpha value is -1.13. The summed E-state index contributed by atoms with van der Waals surface area (Å²) in [7, 11) is 1.98. The van der Waals surface area contributed by atoms with Crippen LogP contribution in [0, 0.1) is 5.82 Å². The van der Waals surface area contributed by atoms with Crippen molar-refractivity contribution in [2.24, 2.45) is 0 Å². The van der Waals surface area contributed by atoms with E-state index in [1.165, 1.54) is 6.07 Å². The Bertz CT molecular complexity index is 398. The first-order chi connectivity index (χ1) is 9.61. The molecule has 1 rings (SSSR count). The van der Waals surface area contributed by atoms with Crippen LogP contribution in [0.3, 0.4) is 0 Å². The largest absolute Gasteiger partial charge is 0.380 e. The lowest BCUT2D eigenvalue weighted by molar-refractivity contribution is 0.154. The van der Waals surface area contributed by atoms with Gasteiger partial charge >= 0.3 is 0 Å². The Morgan fingerprint density at radius 3 is 2.75 bits per heavy atom. The van der Waals surface area contributed by atoms with Crippen molar-refractivity contribution in [2.75, 3.05) is 38.3 Å². The van der Waals surface area contributed by atoms with Crippen LogP contribution in [0.15, 0.2) is 18.2 Å². The van der Waals surface area contributed by atoms with Crippen LogP contribution in [0.2, 0.25) is 0 Å². The zero-order valence-corrected chi connectivity index (χ0v) is 13.1. The molecule has 0 saturated heterocycles. The topological polar surface area (TPSA) is 24.5 Å². The van der Waals surface area contributed by atoms with Gasteiger partial charge in [0.15, 0.2) is 0 Å². The maximum atomic E-state index is 14.2. The third-order valence-electron chi connectivity index (χ3n) is 3.35. The Kier molecular flexibility index (Phi) is 7.55. The molecule has 0 spiro atoms. The lowest BCUT2D eigenvalue weighted by Gasteiger charge is -2.26. The van der Waals surface area contributed by atoms with Crippen molar-refractivity contribution < 1.29 is 9.13 Å². The summed E-state index contributed by atoms with van der Waals surface area (Å²) in [6.07, 6.45) is 1.04. The maximum absolute atomic E-state index is 14.2. The van der Waals surface area contributed by atoms with Crippen LogP contribution >= 0.6 is 0 Å². The monoisotopic (exact) mass is 282 g/mol. The molecule has 0 aliphatic rings. The minimum atomic E-state index is -0.151. The molecular formula is C16H27FN2O. The molecule has 0 bridgehead atoms. The number of anilines is 1. The molecule has 1 aromatic rings. The number of hydrogen-bond acceptors (Lipinski definition) is 3. The fourth-order valence-corrected chi connectivity index (χ4v) is 2.22. The summed E-state index contributed by atoms with van der Waals surface area (Å²) >= 11 is 0. The Morgan fingerprint density at radius 1 is 1.35 bits per heavy atom. The number of hydrogen-bond donors (Lipinski definition) is 1.